The molecule has 2 aromatic heterocycles. The van der Waals surface area contributed by atoms with Gasteiger partial charge < -0.3 is 5.73 Å². The van der Waals surface area contributed by atoms with Gasteiger partial charge in [-0.2, -0.15) is 4.68 Å². The van der Waals surface area contributed by atoms with Gasteiger partial charge in [0.25, 0.3) is 11.5 Å². The van der Waals surface area contributed by atoms with Gasteiger partial charge in [0.1, 0.15) is 0 Å². The fourth-order valence-electron chi connectivity index (χ4n) is 1.47. The lowest BCUT2D eigenvalue weighted by Crippen LogP contribution is -2.25. The zero-order valence-electron chi connectivity index (χ0n) is 9.09. The number of carbonyl (C=O) groups is 1. The van der Waals surface area contributed by atoms with E-state index in [-0.39, 0.29) is 18.9 Å². The van der Waals surface area contributed by atoms with Crippen LogP contribution < -0.4 is 11.3 Å². The van der Waals surface area contributed by atoms with Gasteiger partial charge in [0, 0.05) is 24.5 Å². The second-order valence-corrected chi connectivity index (χ2v) is 3.55. The maximum absolute atomic E-state index is 11.8. The predicted molar refractivity (Wildman–Crippen MR) is 61.5 cm³/mol. The first kappa shape index (κ1) is 11.3. The van der Waals surface area contributed by atoms with E-state index in [1.54, 1.807) is 24.4 Å². The first-order chi connectivity index (χ1) is 8.20. The molecule has 0 aliphatic carbocycles. The summed E-state index contributed by atoms with van der Waals surface area (Å²) in [6.45, 7) is 0.194. The normalized spacial score (nSPS) is 10.4. The van der Waals surface area contributed by atoms with E-state index in [0.717, 1.165) is 4.68 Å². The van der Waals surface area contributed by atoms with Crippen LogP contribution in [0, 0.1) is 0 Å². The number of aromatic amines is 1. The Morgan fingerprint density at radius 2 is 2.29 bits per heavy atom. The summed E-state index contributed by atoms with van der Waals surface area (Å²) in [7, 11) is 0. The smallest absolute Gasteiger partial charge is 0.273 e. The van der Waals surface area contributed by atoms with Crippen LogP contribution in [0.1, 0.15) is 16.2 Å². The second-order valence-electron chi connectivity index (χ2n) is 3.55. The van der Waals surface area contributed by atoms with Gasteiger partial charge in [0.15, 0.2) is 0 Å². The van der Waals surface area contributed by atoms with E-state index in [4.69, 9.17) is 5.73 Å². The zero-order valence-corrected chi connectivity index (χ0v) is 9.09. The Morgan fingerprint density at radius 3 is 2.88 bits per heavy atom. The molecule has 6 nitrogen and oxygen atoms in total. The van der Waals surface area contributed by atoms with E-state index in [0.29, 0.717) is 11.4 Å². The highest BCUT2D eigenvalue weighted by Gasteiger charge is 2.11. The van der Waals surface area contributed by atoms with E-state index in [1.165, 1.54) is 6.07 Å². The number of pyridine rings is 1. The largest absolute Gasteiger partial charge is 0.325 e. The molecule has 0 fully saturated rings. The van der Waals surface area contributed by atoms with Crippen LogP contribution in [0.5, 0.6) is 0 Å². The van der Waals surface area contributed by atoms with Crippen LogP contribution in [0.15, 0.2) is 35.3 Å². The Hall–Kier alpha value is -2.21. The summed E-state index contributed by atoms with van der Waals surface area (Å²) in [6.07, 6.45) is 1.68. The van der Waals surface area contributed by atoms with Crippen molar-refractivity contribution in [3.05, 3.63) is 52.2 Å². The second kappa shape index (κ2) is 4.75. The summed E-state index contributed by atoms with van der Waals surface area (Å²) in [5.74, 6) is -0.353. The average molecular weight is 232 g/mol. The molecule has 88 valence electrons. The van der Waals surface area contributed by atoms with E-state index in [9.17, 15) is 9.59 Å². The van der Waals surface area contributed by atoms with Crippen molar-refractivity contribution in [1.82, 2.24) is 14.8 Å². The van der Waals surface area contributed by atoms with Crippen LogP contribution >= 0.6 is 0 Å². The minimum Gasteiger partial charge on any atom is -0.325 e. The first-order valence-corrected chi connectivity index (χ1v) is 5.15. The Bertz CT molecular complexity index is 571. The molecule has 0 unspecified atom stereocenters. The van der Waals surface area contributed by atoms with Crippen molar-refractivity contribution in [3.63, 3.8) is 0 Å². The van der Waals surface area contributed by atoms with Crippen LogP contribution in [-0.4, -0.2) is 20.7 Å². The van der Waals surface area contributed by atoms with Crippen molar-refractivity contribution < 1.29 is 4.79 Å². The number of nitrogens with one attached hydrogen (secondary N) is 1. The van der Waals surface area contributed by atoms with E-state index < -0.39 is 5.56 Å². The molecule has 2 rings (SSSR count). The Labute approximate surface area is 97.1 Å². The standard InChI is InChI=1S/C11H12N4O2/c12-7-9-6-11(17)15(14-9)10(16)5-8-3-1-2-4-13-8/h1-4,6,14H,5,7,12H2. The molecule has 0 aliphatic heterocycles. The molecule has 2 aromatic rings. The number of nitrogens with zero attached hydrogens (tertiary/aromatic N) is 2. The monoisotopic (exact) mass is 232 g/mol. The average Bonchev–Trinajstić information content (AvgIpc) is 2.72. The summed E-state index contributed by atoms with van der Waals surface area (Å²) in [5, 5.41) is 2.65. The van der Waals surface area contributed by atoms with Gasteiger partial charge in [-0.3, -0.25) is 19.7 Å². The maximum Gasteiger partial charge on any atom is 0.273 e. The highest BCUT2D eigenvalue weighted by Crippen LogP contribution is 1.97. The molecule has 2 heterocycles. The Balaban J connectivity index is 2.20. The van der Waals surface area contributed by atoms with Gasteiger partial charge in [0.2, 0.25) is 0 Å². The molecule has 0 atom stereocenters. The fourth-order valence-corrected chi connectivity index (χ4v) is 1.47. The Morgan fingerprint density at radius 1 is 1.47 bits per heavy atom. The highest BCUT2D eigenvalue weighted by molar-refractivity contribution is 5.79. The third-order valence-corrected chi connectivity index (χ3v) is 2.30. The minimum atomic E-state index is -0.397. The van der Waals surface area contributed by atoms with Crippen LogP contribution in [-0.2, 0) is 13.0 Å². The molecule has 3 N–H and O–H groups in total. The number of H-pyrrole nitrogens is 1. The van der Waals surface area contributed by atoms with Crippen LogP contribution in [0.4, 0.5) is 0 Å². The van der Waals surface area contributed by atoms with Gasteiger partial charge in [-0.15, -0.1) is 0 Å². The van der Waals surface area contributed by atoms with Crippen LogP contribution in [0.3, 0.4) is 0 Å². The topological polar surface area (TPSA) is 93.8 Å². The highest BCUT2D eigenvalue weighted by atomic mass is 16.2. The van der Waals surface area contributed by atoms with E-state index in [1.807, 2.05) is 0 Å². The third-order valence-electron chi connectivity index (χ3n) is 2.30. The number of hydrogen-bond donors (Lipinski definition) is 2. The first-order valence-electron chi connectivity index (χ1n) is 5.15. The minimum absolute atomic E-state index is 0.0747. The number of rotatable bonds is 3. The van der Waals surface area contributed by atoms with Crippen molar-refractivity contribution >= 4 is 5.91 Å². The summed E-state index contributed by atoms with van der Waals surface area (Å²) >= 11 is 0. The lowest BCUT2D eigenvalue weighted by molar-refractivity contribution is 0.0893. The molecule has 0 radical (unpaired) electrons. The summed E-state index contributed by atoms with van der Waals surface area (Å²) in [6, 6.07) is 6.60. The molecule has 0 amide bonds. The van der Waals surface area contributed by atoms with Gasteiger partial charge in [-0.25, -0.2) is 0 Å². The fraction of sp³-hybridized carbons (Fsp3) is 0.182. The number of hydrogen-bond acceptors (Lipinski definition) is 4. The van der Waals surface area contributed by atoms with Crippen molar-refractivity contribution in [3.8, 4) is 0 Å². The van der Waals surface area contributed by atoms with Gasteiger partial charge >= 0.3 is 0 Å². The molecule has 0 spiro atoms. The molecule has 6 heteroatoms. The van der Waals surface area contributed by atoms with Crippen molar-refractivity contribution in [2.75, 3.05) is 0 Å². The van der Waals surface area contributed by atoms with Gasteiger partial charge in [-0.05, 0) is 12.1 Å². The molecular formula is C11H12N4O2. The molecule has 0 aromatic carbocycles. The SMILES string of the molecule is NCc1cc(=O)n(C(=O)Cc2ccccn2)[nH]1. The van der Waals surface area contributed by atoms with Crippen LogP contribution in [0.25, 0.3) is 0 Å². The number of nitrogens with two attached hydrogens (primary N) is 1. The molecular weight excluding hydrogens is 220 g/mol. The Kier molecular flexibility index (Phi) is 3.15. The molecule has 0 aliphatic rings. The number of aromatic nitrogens is 3. The van der Waals surface area contributed by atoms with Gasteiger partial charge in [-0.1, -0.05) is 6.07 Å². The van der Waals surface area contributed by atoms with Gasteiger partial charge in [0.05, 0.1) is 12.1 Å². The zero-order chi connectivity index (χ0) is 12.3. The molecule has 0 bridgehead atoms. The number of carbonyl (C=O) groups excluding carboxylic acids is 1. The lowest BCUT2D eigenvalue weighted by atomic mass is 10.2. The molecule has 0 saturated heterocycles. The lowest BCUT2D eigenvalue weighted by Gasteiger charge is -2.00. The summed E-state index contributed by atoms with van der Waals surface area (Å²) < 4.78 is 0.955. The third kappa shape index (κ3) is 2.48. The summed E-state index contributed by atoms with van der Waals surface area (Å²) in [5.41, 5.74) is 6.13. The van der Waals surface area contributed by atoms with Crippen LogP contribution in [0.2, 0.25) is 0 Å². The van der Waals surface area contributed by atoms with Crippen molar-refractivity contribution in [2.24, 2.45) is 5.73 Å². The van der Waals surface area contributed by atoms with E-state index in [2.05, 4.69) is 10.1 Å². The van der Waals surface area contributed by atoms with Crippen molar-refractivity contribution in [1.29, 1.82) is 0 Å². The summed E-state index contributed by atoms with van der Waals surface area (Å²) in [4.78, 5) is 27.3. The molecule has 0 saturated carbocycles. The van der Waals surface area contributed by atoms with E-state index >= 15 is 0 Å². The quantitative estimate of drug-likeness (QED) is 0.773. The predicted octanol–water partition coefficient (Wildman–Crippen LogP) is -0.0870. The maximum atomic E-state index is 11.8. The van der Waals surface area contributed by atoms with Crippen molar-refractivity contribution in [2.45, 2.75) is 13.0 Å². The molecule has 17 heavy (non-hydrogen) atoms.